The molecule has 0 aromatic heterocycles. The van der Waals surface area contributed by atoms with E-state index in [1.165, 1.54) is 11.8 Å². The minimum atomic E-state index is -0.640. The smallest absolute Gasteiger partial charge is 0.243 e. The van der Waals surface area contributed by atoms with Gasteiger partial charge in [0, 0.05) is 34.8 Å². The summed E-state index contributed by atoms with van der Waals surface area (Å²) in [5.74, 6) is 0.464. The number of hydrogen-bond donors (Lipinski definition) is 1. The number of nitrogens with zero attached hydrogens (tertiary/aromatic N) is 1. The predicted octanol–water partition coefficient (Wildman–Crippen LogP) is 6.78. The average Bonchev–Trinajstić information content (AvgIpc) is 2.88. The standard InChI is InChI=1S/C29H32Cl2N2O2S/c1-3-21(2)32-29(35)27(17-22-11-6-4-7-12-22)33(18-23-13-8-5-9-14-23)28(34)20-36-19-24-25(30)15-10-16-26(24)31/h4-16,21,27H,3,17-20H2,1-2H3,(H,32,35)/t21-,27-/m1/s1. The molecule has 0 heterocycles. The van der Waals surface area contributed by atoms with Crippen molar-refractivity contribution < 1.29 is 9.59 Å². The number of carbonyl (C=O) groups is 2. The predicted molar refractivity (Wildman–Crippen MR) is 151 cm³/mol. The van der Waals surface area contributed by atoms with E-state index in [0.717, 1.165) is 23.1 Å². The molecule has 0 aliphatic rings. The van der Waals surface area contributed by atoms with Crippen LogP contribution in [-0.2, 0) is 28.3 Å². The summed E-state index contributed by atoms with van der Waals surface area (Å²) in [4.78, 5) is 28.9. The van der Waals surface area contributed by atoms with Crippen LogP contribution < -0.4 is 5.32 Å². The first-order valence-corrected chi connectivity index (χ1v) is 14.0. The monoisotopic (exact) mass is 542 g/mol. The highest BCUT2D eigenvalue weighted by Crippen LogP contribution is 2.28. The van der Waals surface area contributed by atoms with E-state index in [0.29, 0.717) is 28.8 Å². The third kappa shape index (κ3) is 8.29. The van der Waals surface area contributed by atoms with Gasteiger partial charge in [0.25, 0.3) is 0 Å². The normalized spacial score (nSPS) is 12.6. The Morgan fingerprint density at radius 2 is 1.47 bits per heavy atom. The van der Waals surface area contributed by atoms with Gasteiger partial charge in [-0.15, -0.1) is 11.8 Å². The fraction of sp³-hybridized carbons (Fsp3) is 0.310. The van der Waals surface area contributed by atoms with Crippen molar-refractivity contribution in [3.05, 3.63) is 106 Å². The maximum Gasteiger partial charge on any atom is 0.243 e. The molecule has 3 aromatic carbocycles. The van der Waals surface area contributed by atoms with E-state index in [1.54, 1.807) is 23.1 Å². The quantitative estimate of drug-likeness (QED) is 0.274. The average molecular weight is 544 g/mol. The van der Waals surface area contributed by atoms with Crippen molar-refractivity contribution in [2.75, 3.05) is 5.75 Å². The van der Waals surface area contributed by atoms with Gasteiger partial charge in [-0.2, -0.15) is 0 Å². The van der Waals surface area contributed by atoms with Crippen molar-refractivity contribution in [3.63, 3.8) is 0 Å². The fourth-order valence-electron chi connectivity index (χ4n) is 3.77. The number of amides is 2. The number of nitrogens with one attached hydrogen (secondary N) is 1. The molecule has 0 aliphatic carbocycles. The van der Waals surface area contributed by atoms with Gasteiger partial charge < -0.3 is 10.2 Å². The molecular weight excluding hydrogens is 511 g/mol. The minimum Gasteiger partial charge on any atom is -0.352 e. The highest BCUT2D eigenvalue weighted by atomic mass is 35.5. The fourth-order valence-corrected chi connectivity index (χ4v) is 5.42. The molecule has 7 heteroatoms. The lowest BCUT2D eigenvalue weighted by Crippen LogP contribution is -2.52. The first-order chi connectivity index (χ1) is 17.4. The van der Waals surface area contributed by atoms with Gasteiger partial charge in [-0.3, -0.25) is 9.59 Å². The van der Waals surface area contributed by atoms with Gasteiger partial charge in [-0.05, 0) is 42.2 Å². The highest BCUT2D eigenvalue weighted by Gasteiger charge is 2.30. The zero-order valence-electron chi connectivity index (χ0n) is 20.6. The van der Waals surface area contributed by atoms with Crippen molar-refractivity contribution in [2.24, 2.45) is 0 Å². The van der Waals surface area contributed by atoms with Crippen LogP contribution in [0.1, 0.15) is 37.0 Å². The van der Waals surface area contributed by atoms with Crippen molar-refractivity contribution in [2.45, 2.75) is 51.1 Å². The summed E-state index contributed by atoms with van der Waals surface area (Å²) < 4.78 is 0. The van der Waals surface area contributed by atoms with Crippen molar-refractivity contribution in [1.82, 2.24) is 10.2 Å². The van der Waals surface area contributed by atoms with Crippen molar-refractivity contribution in [3.8, 4) is 0 Å². The Balaban J connectivity index is 1.85. The van der Waals surface area contributed by atoms with E-state index in [9.17, 15) is 9.59 Å². The molecule has 0 saturated heterocycles. The van der Waals surface area contributed by atoms with E-state index in [4.69, 9.17) is 23.2 Å². The molecule has 4 nitrogen and oxygen atoms in total. The van der Waals surface area contributed by atoms with Gasteiger partial charge in [-0.1, -0.05) is 96.9 Å². The van der Waals surface area contributed by atoms with Crippen LogP contribution in [0.5, 0.6) is 0 Å². The van der Waals surface area contributed by atoms with Gasteiger partial charge in [0.1, 0.15) is 6.04 Å². The number of thioether (sulfide) groups is 1. The Hall–Kier alpha value is -2.47. The van der Waals surface area contributed by atoms with E-state index >= 15 is 0 Å². The third-order valence-corrected chi connectivity index (χ3v) is 7.65. The maximum absolute atomic E-state index is 13.7. The molecule has 2 atom stereocenters. The molecule has 0 spiro atoms. The zero-order chi connectivity index (χ0) is 25.9. The largest absolute Gasteiger partial charge is 0.352 e. The van der Waals surface area contributed by atoms with Crippen LogP contribution in [0.2, 0.25) is 10.0 Å². The van der Waals surface area contributed by atoms with Crippen LogP contribution in [-0.4, -0.2) is 34.6 Å². The third-order valence-electron chi connectivity index (χ3n) is 6.00. The summed E-state index contributed by atoms with van der Waals surface area (Å²) in [7, 11) is 0. The van der Waals surface area contributed by atoms with Crippen LogP contribution in [0.25, 0.3) is 0 Å². The Labute approximate surface area is 228 Å². The SMILES string of the molecule is CC[C@@H](C)NC(=O)[C@@H](Cc1ccccc1)N(Cc1ccccc1)C(=O)CSCc1c(Cl)cccc1Cl. The number of halogens is 2. The Morgan fingerprint density at radius 3 is 2.06 bits per heavy atom. The molecule has 2 amide bonds. The van der Waals surface area contributed by atoms with Crippen LogP contribution in [0.4, 0.5) is 0 Å². The van der Waals surface area contributed by atoms with E-state index in [2.05, 4.69) is 5.32 Å². The van der Waals surface area contributed by atoms with Gasteiger partial charge in [-0.25, -0.2) is 0 Å². The maximum atomic E-state index is 13.7. The first kappa shape index (κ1) is 28.1. The summed E-state index contributed by atoms with van der Waals surface area (Å²) in [6.45, 7) is 4.35. The minimum absolute atomic E-state index is 0.0150. The number of rotatable bonds is 12. The van der Waals surface area contributed by atoms with Crippen LogP contribution in [0, 0.1) is 0 Å². The molecule has 190 valence electrons. The lowest BCUT2D eigenvalue weighted by Gasteiger charge is -2.32. The number of hydrogen-bond acceptors (Lipinski definition) is 3. The summed E-state index contributed by atoms with van der Waals surface area (Å²) in [6.07, 6.45) is 1.24. The van der Waals surface area contributed by atoms with Crippen molar-refractivity contribution >= 4 is 46.8 Å². The summed E-state index contributed by atoms with van der Waals surface area (Å²) in [5.41, 5.74) is 2.78. The Kier molecular flexibility index (Phi) is 11.2. The molecule has 3 rings (SSSR count). The highest BCUT2D eigenvalue weighted by molar-refractivity contribution is 7.99. The molecule has 0 fully saturated rings. The molecule has 0 aliphatic heterocycles. The molecule has 0 unspecified atom stereocenters. The Morgan fingerprint density at radius 1 is 0.889 bits per heavy atom. The van der Waals surface area contributed by atoms with E-state index < -0.39 is 6.04 Å². The number of carbonyl (C=O) groups excluding carboxylic acids is 2. The van der Waals surface area contributed by atoms with Crippen molar-refractivity contribution in [1.29, 1.82) is 0 Å². The molecule has 36 heavy (non-hydrogen) atoms. The lowest BCUT2D eigenvalue weighted by atomic mass is 10.0. The van der Waals surface area contributed by atoms with Gasteiger partial charge in [0.2, 0.25) is 11.8 Å². The second kappa shape index (κ2) is 14.3. The topological polar surface area (TPSA) is 49.4 Å². The lowest BCUT2D eigenvalue weighted by molar-refractivity contribution is -0.139. The first-order valence-electron chi connectivity index (χ1n) is 12.1. The van der Waals surface area contributed by atoms with Crippen LogP contribution in [0.3, 0.4) is 0 Å². The molecule has 3 aromatic rings. The zero-order valence-corrected chi connectivity index (χ0v) is 23.0. The molecule has 0 saturated carbocycles. The summed E-state index contributed by atoms with van der Waals surface area (Å²) in [5, 5.41) is 4.26. The summed E-state index contributed by atoms with van der Waals surface area (Å²) >= 11 is 14.1. The Bertz CT molecular complexity index is 1110. The second-order valence-corrected chi connectivity index (χ2v) is 10.5. The molecular formula is C29H32Cl2N2O2S. The number of benzene rings is 3. The van der Waals surface area contributed by atoms with Crippen LogP contribution >= 0.6 is 35.0 Å². The van der Waals surface area contributed by atoms with Gasteiger partial charge in [0.05, 0.1) is 5.75 Å². The van der Waals surface area contributed by atoms with E-state index in [1.807, 2.05) is 74.5 Å². The van der Waals surface area contributed by atoms with Crippen LogP contribution in [0.15, 0.2) is 78.9 Å². The molecule has 0 radical (unpaired) electrons. The summed E-state index contributed by atoms with van der Waals surface area (Å²) in [6, 6.07) is 24.4. The second-order valence-electron chi connectivity index (χ2n) is 8.72. The van der Waals surface area contributed by atoms with Gasteiger partial charge >= 0.3 is 0 Å². The molecule has 0 bridgehead atoms. The van der Waals surface area contributed by atoms with Gasteiger partial charge in [0.15, 0.2) is 0 Å². The van der Waals surface area contributed by atoms with E-state index in [-0.39, 0.29) is 23.6 Å². The molecule has 1 N–H and O–H groups in total.